The van der Waals surface area contributed by atoms with Crippen LogP contribution in [0.3, 0.4) is 0 Å². The smallest absolute Gasteiger partial charge is 0.268 e. The third-order valence-electron chi connectivity index (χ3n) is 2.93. The molecule has 1 amide bonds. The molecule has 0 spiro atoms. The van der Waals surface area contributed by atoms with E-state index in [-0.39, 0.29) is 11.9 Å². The standard InChI is InChI=1S/C12H12N2O/c1-7-6-9-8-4-2-3-5-10(8)14-11(9)12(15)13-7/h2-5,7,14H,6H2,1H3,(H,13,15)/t7-/m0/s1. The molecule has 1 aromatic carbocycles. The highest BCUT2D eigenvalue weighted by Crippen LogP contribution is 2.26. The highest BCUT2D eigenvalue weighted by molar-refractivity contribution is 6.02. The van der Waals surface area contributed by atoms with Crippen molar-refractivity contribution in [2.45, 2.75) is 19.4 Å². The second kappa shape index (κ2) is 2.86. The average Bonchev–Trinajstić information content (AvgIpc) is 2.57. The van der Waals surface area contributed by atoms with Gasteiger partial charge < -0.3 is 10.3 Å². The topological polar surface area (TPSA) is 44.9 Å². The molecule has 0 bridgehead atoms. The van der Waals surface area contributed by atoms with Gasteiger partial charge in [-0.15, -0.1) is 0 Å². The molecule has 3 heteroatoms. The SMILES string of the molecule is C[C@H]1Cc2c([nH]c3ccccc23)C(=O)N1. The Hall–Kier alpha value is -1.77. The van der Waals surface area contributed by atoms with Crippen LogP contribution in [0.25, 0.3) is 10.9 Å². The van der Waals surface area contributed by atoms with Crippen molar-refractivity contribution < 1.29 is 4.79 Å². The van der Waals surface area contributed by atoms with E-state index in [1.807, 2.05) is 25.1 Å². The second-order valence-corrected chi connectivity index (χ2v) is 4.10. The van der Waals surface area contributed by atoms with Gasteiger partial charge in [-0.3, -0.25) is 4.79 Å². The minimum atomic E-state index is 0.0138. The summed E-state index contributed by atoms with van der Waals surface area (Å²) in [7, 11) is 0. The zero-order chi connectivity index (χ0) is 10.4. The molecule has 0 unspecified atom stereocenters. The van der Waals surface area contributed by atoms with Gasteiger partial charge in [-0.05, 0) is 25.0 Å². The monoisotopic (exact) mass is 200 g/mol. The molecule has 2 N–H and O–H groups in total. The van der Waals surface area contributed by atoms with Gasteiger partial charge in [-0.1, -0.05) is 18.2 Å². The summed E-state index contributed by atoms with van der Waals surface area (Å²) < 4.78 is 0. The number of carbonyl (C=O) groups excluding carboxylic acids is 1. The van der Waals surface area contributed by atoms with Crippen LogP contribution in [0, 0.1) is 0 Å². The van der Waals surface area contributed by atoms with Crippen molar-refractivity contribution >= 4 is 16.8 Å². The van der Waals surface area contributed by atoms with Crippen LogP contribution >= 0.6 is 0 Å². The quantitative estimate of drug-likeness (QED) is 0.669. The maximum atomic E-state index is 11.7. The Bertz CT molecular complexity index is 542. The van der Waals surface area contributed by atoms with E-state index in [1.165, 1.54) is 5.39 Å². The van der Waals surface area contributed by atoms with Gasteiger partial charge in [-0.2, -0.15) is 0 Å². The second-order valence-electron chi connectivity index (χ2n) is 4.10. The first-order chi connectivity index (χ1) is 7.25. The van der Waals surface area contributed by atoms with Gasteiger partial charge >= 0.3 is 0 Å². The van der Waals surface area contributed by atoms with Crippen molar-refractivity contribution in [2.75, 3.05) is 0 Å². The number of nitrogens with one attached hydrogen (secondary N) is 2. The van der Waals surface area contributed by atoms with Gasteiger partial charge in [0.1, 0.15) is 5.69 Å². The number of rotatable bonds is 0. The van der Waals surface area contributed by atoms with Gasteiger partial charge in [0.2, 0.25) is 0 Å². The van der Waals surface area contributed by atoms with Crippen molar-refractivity contribution in [1.29, 1.82) is 0 Å². The predicted octanol–water partition coefficient (Wildman–Crippen LogP) is 1.84. The maximum absolute atomic E-state index is 11.7. The van der Waals surface area contributed by atoms with E-state index in [0.717, 1.165) is 23.2 Å². The van der Waals surface area contributed by atoms with E-state index in [2.05, 4.69) is 16.4 Å². The molecular formula is C12H12N2O. The number of aromatic nitrogens is 1. The summed E-state index contributed by atoms with van der Waals surface area (Å²) >= 11 is 0. The minimum absolute atomic E-state index is 0.0138. The Morgan fingerprint density at radius 3 is 3.00 bits per heavy atom. The van der Waals surface area contributed by atoms with Crippen LogP contribution in [-0.4, -0.2) is 16.9 Å². The first-order valence-corrected chi connectivity index (χ1v) is 5.16. The van der Waals surface area contributed by atoms with E-state index < -0.39 is 0 Å². The molecule has 1 aliphatic heterocycles. The lowest BCUT2D eigenvalue weighted by molar-refractivity contribution is 0.0925. The van der Waals surface area contributed by atoms with E-state index in [1.54, 1.807) is 0 Å². The number of H-pyrrole nitrogens is 1. The van der Waals surface area contributed by atoms with Gasteiger partial charge in [0.05, 0.1) is 0 Å². The molecule has 15 heavy (non-hydrogen) atoms. The number of benzene rings is 1. The zero-order valence-corrected chi connectivity index (χ0v) is 8.50. The number of carbonyl (C=O) groups is 1. The largest absolute Gasteiger partial charge is 0.350 e. The lowest BCUT2D eigenvalue weighted by Gasteiger charge is -2.19. The first-order valence-electron chi connectivity index (χ1n) is 5.16. The Kier molecular flexibility index (Phi) is 1.63. The molecular weight excluding hydrogens is 188 g/mol. The van der Waals surface area contributed by atoms with Crippen molar-refractivity contribution in [2.24, 2.45) is 0 Å². The summed E-state index contributed by atoms with van der Waals surface area (Å²) in [6.45, 7) is 2.03. The number of aromatic amines is 1. The van der Waals surface area contributed by atoms with Gasteiger partial charge in [0.25, 0.3) is 5.91 Å². The Balaban J connectivity index is 2.32. The molecule has 76 valence electrons. The van der Waals surface area contributed by atoms with E-state index in [9.17, 15) is 4.79 Å². The van der Waals surface area contributed by atoms with E-state index in [4.69, 9.17) is 0 Å². The van der Waals surface area contributed by atoms with Crippen LogP contribution < -0.4 is 5.32 Å². The molecule has 3 rings (SSSR count). The maximum Gasteiger partial charge on any atom is 0.268 e. The van der Waals surface area contributed by atoms with Crippen LogP contribution in [0.1, 0.15) is 23.0 Å². The molecule has 0 fully saturated rings. The predicted molar refractivity (Wildman–Crippen MR) is 58.9 cm³/mol. The van der Waals surface area contributed by atoms with Crippen LogP contribution in [0.4, 0.5) is 0 Å². The third-order valence-corrected chi connectivity index (χ3v) is 2.93. The normalized spacial score (nSPS) is 20.1. The molecule has 2 heterocycles. The Morgan fingerprint density at radius 1 is 1.33 bits per heavy atom. The molecule has 0 aliphatic carbocycles. The van der Waals surface area contributed by atoms with E-state index in [0.29, 0.717) is 0 Å². The van der Waals surface area contributed by atoms with Gasteiger partial charge in [0.15, 0.2) is 0 Å². The van der Waals surface area contributed by atoms with Crippen LogP contribution in [0.2, 0.25) is 0 Å². The molecule has 2 aromatic rings. The average molecular weight is 200 g/mol. The van der Waals surface area contributed by atoms with Crippen molar-refractivity contribution in [1.82, 2.24) is 10.3 Å². The van der Waals surface area contributed by atoms with Gasteiger partial charge in [0, 0.05) is 16.9 Å². The number of fused-ring (bicyclic) bond motifs is 3. The molecule has 3 nitrogen and oxygen atoms in total. The molecule has 0 saturated heterocycles. The fourth-order valence-corrected chi connectivity index (χ4v) is 2.26. The van der Waals surface area contributed by atoms with Crippen LogP contribution in [0.5, 0.6) is 0 Å². The molecule has 1 aliphatic rings. The number of amides is 1. The molecule has 1 atom stereocenters. The number of para-hydroxylation sites is 1. The minimum Gasteiger partial charge on any atom is -0.350 e. The lowest BCUT2D eigenvalue weighted by Crippen LogP contribution is -2.39. The third kappa shape index (κ3) is 1.16. The highest BCUT2D eigenvalue weighted by Gasteiger charge is 2.24. The zero-order valence-electron chi connectivity index (χ0n) is 8.50. The van der Waals surface area contributed by atoms with Crippen molar-refractivity contribution in [3.8, 4) is 0 Å². The number of hydrogen-bond acceptors (Lipinski definition) is 1. The Morgan fingerprint density at radius 2 is 2.13 bits per heavy atom. The highest BCUT2D eigenvalue weighted by atomic mass is 16.2. The van der Waals surface area contributed by atoms with Crippen molar-refractivity contribution in [3.63, 3.8) is 0 Å². The molecule has 0 radical (unpaired) electrons. The summed E-state index contributed by atoms with van der Waals surface area (Å²) in [5.74, 6) is 0.0138. The summed E-state index contributed by atoms with van der Waals surface area (Å²) in [5.41, 5.74) is 2.93. The van der Waals surface area contributed by atoms with Crippen LogP contribution in [-0.2, 0) is 6.42 Å². The first kappa shape index (κ1) is 8.53. The fourth-order valence-electron chi connectivity index (χ4n) is 2.26. The van der Waals surface area contributed by atoms with Crippen LogP contribution in [0.15, 0.2) is 24.3 Å². The summed E-state index contributed by atoms with van der Waals surface area (Å²) in [5, 5.41) is 4.10. The fraction of sp³-hybridized carbons (Fsp3) is 0.250. The van der Waals surface area contributed by atoms with Crippen molar-refractivity contribution in [3.05, 3.63) is 35.5 Å². The molecule has 1 aromatic heterocycles. The molecule has 0 saturated carbocycles. The number of hydrogen-bond donors (Lipinski definition) is 2. The van der Waals surface area contributed by atoms with Gasteiger partial charge in [-0.25, -0.2) is 0 Å². The summed E-state index contributed by atoms with van der Waals surface area (Å²) in [6, 6.07) is 8.28. The Labute approximate surface area is 87.5 Å². The van der Waals surface area contributed by atoms with E-state index >= 15 is 0 Å². The lowest BCUT2D eigenvalue weighted by atomic mass is 9.99. The summed E-state index contributed by atoms with van der Waals surface area (Å²) in [4.78, 5) is 14.9. The summed E-state index contributed by atoms with van der Waals surface area (Å²) in [6.07, 6.45) is 0.908.